The van der Waals surface area contributed by atoms with Gasteiger partial charge in [-0.3, -0.25) is 0 Å². The van der Waals surface area contributed by atoms with Crippen molar-refractivity contribution >= 4 is 30.4 Å². The molecule has 2 heteroatoms. The summed E-state index contributed by atoms with van der Waals surface area (Å²) in [4.78, 5) is 0. The Morgan fingerprint density at radius 1 is 1.14 bits per heavy atom. The number of rotatable bonds is 6. The summed E-state index contributed by atoms with van der Waals surface area (Å²) in [7, 11) is 0. The molecule has 0 fully saturated rings. The van der Waals surface area contributed by atoms with Crippen LogP contribution in [0.3, 0.4) is 0 Å². The van der Waals surface area contributed by atoms with Gasteiger partial charge in [-0.05, 0) is 0 Å². The first-order valence-corrected chi connectivity index (χ1v) is 8.05. The van der Waals surface area contributed by atoms with Crippen molar-refractivity contribution in [1.29, 1.82) is 0 Å². The fourth-order valence-corrected chi connectivity index (χ4v) is 5.07. The molecule has 1 aromatic rings. The first-order valence-electron chi connectivity index (χ1n) is 5.55. The Kier molecular flexibility index (Phi) is 6.16. The average Bonchev–Trinajstić information content (AvgIpc) is 2.53. The molecule has 0 unspecified atom stereocenters. The molecule has 0 spiro atoms. The standard InChI is InChI=1S/C12H19BrSe/c1-3-5-7-10-9-11(13)12(14-10)8-6-4-2/h9H,3-8H2,1-2H3. The fraction of sp³-hybridized carbons (Fsp3) is 0.667. The van der Waals surface area contributed by atoms with Gasteiger partial charge >= 0.3 is 102 Å². The second-order valence-corrected chi connectivity index (χ2v) is 7.11. The molecule has 0 saturated carbocycles. The second kappa shape index (κ2) is 6.87. The van der Waals surface area contributed by atoms with Gasteiger partial charge in [0.1, 0.15) is 0 Å². The molecule has 80 valence electrons. The van der Waals surface area contributed by atoms with E-state index in [0.29, 0.717) is 14.5 Å². The zero-order valence-electron chi connectivity index (χ0n) is 9.11. The summed E-state index contributed by atoms with van der Waals surface area (Å²) >= 11 is 4.36. The third-order valence-corrected chi connectivity index (χ3v) is 6.27. The van der Waals surface area contributed by atoms with Crippen LogP contribution in [0.25, 0.3) is 0 Å². The Morgan fingerprint density at radius 2 is 1.79 bits per heavy atom. The molecule has 0 aliphatic heterocycles. The second-order valence-electron chi connectivity index (χ2n) is 3.69. The summed E-state index contributed by atoms with van der Waals surface area (Å²) in [6.45, 7) is 4.53. The SMILES string of the molecule is CCCCc1cc(Br)c(CCCC)[se]1. The van der Waals surface area contributed by atoms with Crippen molar-refractivity contribution in [3.8, 4) is 0 Å². The molecule has 14 heavy (non-hydrogen) atoms. The molecule has 0 amide bonds. The molecule has 0 bridgehead atoms. The van der Waals surface area contributed by atoms with Gasteiger partial charge in [0.2, 0.25) is 0 Å². The van der Waals surface area contributed by atoms with E-state index in [2.05, 4.69) is 35.8 Å². The Morgan fingerprint density at radius 3 is 2.43 bits per heavy atom. The zero-order valence-corrected chi connectivity index (χ0v) is 12.4. The van der Waals surface area contributed by atoms with E-state index in [4.69, 9.17) is 0 Å². The van der Waals surface area contributed by atoms with Crippen LogP contribution in [0.15, 0.2) is 10.5 Å². The van der Waals surface area contributed by atoms with Crippen LogP contribution in [0.2, 0.25) is 0 Å². The molecule has 0 aliphatic carbocycles. The normalized spacial score (nSPS) is 10.8. The number of unbranched alkanes of at least 4 members (excludes halogenated alkanes) is 2. The molecule has 0 atom stereocenters. The van der Waals surface area contributed by atoms with E-state index in [1.54, 1.807) is 8.87 Å². The van der Waals surface area contributed by atoms with Gasteiger partial charge in [-0.1, -0.05) is 0 Å². The molecule has 0 saturated heterocycles. The van der Waals surface area contributed by atoms with Crippen LogP contribution < -0.4 is 0 Å². The summed E-state index contributed by atoms with van der Waals surface area (Å²) in [6, 6.07) is 2.38. The third-order valence-electron chi connectivity index (χ3n) is 2.34. The van der Waals surface area contributed by atoms with Crippen LogP contribution in [0.5, 0.6) is 0 Å². The summed E-state index contributed by atoms with van der Waals surface area (Å²) in [6.07, 6.45) is 7.96. The van der Waals surface area contributed by atoms with Gasteiger partial charge < -0.3 is 0 Å². The van der Waals surface area contributed by atoms with Gasteiger partial charge in [0.25, 0.3) is 0 Å². The van der Waals surface area contributed by atoms with Gasteiger partial charge in [0.05, 0.1) is 0 Å². The van der Waals surface area contributed by atoms with Gasteiger partial charge in [-0.25, -0.2) is 0 Å². The van der Waals surface area contributed by atoms with Gasteiger partial charge in [0, 0.05) is 0 Å². The Labute approximate surface area is 102 Å². The van der Waals surface area contributed by atoms with E-state index in [0.717, 1.165) is 0 Å². The quantitative estimate of drug-likeness (QED) is 0.689. The summed E-state index contributed by atoms with van der Waals surface area (Å²) in [5, 5.41) is 0. The molecule has 1 aromatic heterocycles. The van der Waals surface area contributed by atoms with Crippen LogP contribution in [0.1, 0.15) is 48.4 Å². The minimum atomic E-state index is 0.670. The molecule has 1 rings (SSSR count). The van der Waals surface area contributed by atoms with Crippen LogP contribution in [-0.2, 0) is 12.8 Å². The first-order chi connectivity index (χ1) is 6.77. The predicted molar refractivity (Wildman–Crippen MR) is 68.3 cm³/mol. The number of hydrogen-bond acceptors (Lipinski definition) is 0. The fourth-order valence-electron chi connectivity index (χ4n) is 1.44. The van der Waals surface area contributed by atoms with Crippen LogP contribution in [-0.4, -0.2) is 14.5 Å². The Bertz CT molecular complexity index is 265. The van der Waals surface area contributed by atoms with Crippen molar-refractivity contribution in [3.63, 3.8) is 0 Å². The van der Waals surface area contributed by atoms with Crippen LogP contribution in [0.4, 0.5) is 0 Å². The van der Waals surface area contributed by atoms with Crippen molar-refractivity contribution in [2.45, 2.75) is 52.4 Å². The molecule has 0 aromatic carbocycles. The van der Waals surface area contributed by atoms with E-state index >= 15 is 0 Å². The number of halogens is 1. The topological polar surface area (TPSA) is 0 Å². The molecule has 0 radical (unpaired) electrons. The Balaban J connectivity index is 2.53. The van der Waals surface area contributed by atoms with Gasteiger partial charge in [-0.2, -0.15) is 0 Å². The van der Waals surface area contributed by atoms with E-state index in [1.165, 1.54) is 43.0 Å². The summed E-state index contributed by atoms with van der Waals surface area (Å²) < 4.78 is 4.78. The molecule has 0 aliphatic rings. The maximum absolute atomic E-state index is 3.69. The minimum absolute atomic E-state index is 0.670. The summed E-state index contributed by atoms with van der Waals surface area (Å²) in [5.41, 5.74) is 0. The third kappa shape index (κ3) is 3.92. The van der Waals surface area contributed by atoms with Gasteiger partial charge in [-0.15, -0.1) is 0 Å². The molecule has 1 heterocycles. The van der Waals surface area contributed by atoms with Crippen molar-refractivity contribution in [3.05, 3.63) is 19.4 Å². The molecule has 0 nitrogen and oxygen atoms in total. The van der Waals surface area contributed by atoms with Crippen molar-refractivity contribution < 1.29 is 0 Å². The molecular formula is C12H19BrSe. The molecular weight excluding hydrogens is 303 g/mol. The predicted octanol–water partition coefficient (Wildman–Crippen LogP) is 4.19. The van der Waals surface area contributed by atoms with Crippen LogP contribution in [0, 0.1) is 0 Å². The van der Waals surface area contributed by atoms with E-state index in [-0.39, 0.29) is 0 Å². The van der Waals surface area contributed by atoms with Crippen molar-refractivity contribution in [1.82, 2.24) is 0 Å². The molecule has 0 N–H and O–H groups in total. The number of hydrogen-bond donors (Lipinski definition) is 0. The van der Waals surface area contributed by atoms with E-state index < -0.39 is 0 Å². The van der Waals surface area contributed by atoms with Gasteiger partial charge in [0.15, 0.2) is 0 Å². The van der Waals surface area contributed by atoms with Crippen molar-refractivity contribution in [2.24, 2.45) is 0 Å². The maximum atomic E-state index is 3.69. The first kappa shape index (κ1) is 12.5. The van der Waals surface area contributed by atoms with E-state index in [9.17, 15) is 0 Å². The Hall–Kier alpha value is 0.479. The summed E-state index contributed by atoms with van der Waals surface area (Å²) in [5.74, 6) is 0. The van der Waals surface area contributed by atoms with E-state index in [1.807, 2.05) is 0 Å². The van der Waals surface area contributed by atoms with Crippen molar-refractivity contribution in [2.75, 3.05) is 0 Å². The zero-order chi connectivity index (χ0) is 10.4. The number of aryl methyl sites for hydroxylation is 2. The van der Waals surface area contributed by atoms with Crippen LogP contribution >= 0.6 is 15.9 Å². The average molecular weight is 322 g/mol. The monoisotopic (exact) mass is 322 g/mol.